The second-order valence-electron chi connectivity index (χ2n) is 6.30. The number of phenols is 1. The maximum absolute atomic E-state index is 12.7. The van der Waals surface area contributed by atoms with Crippen LogP contribution in [0.5, 0.6) is 11.5 Å². The number of hydrogen-bond acceptors (Lipinski definition) is 5. The molecule has 0 bridgehead atoms. The van der Waals surface area contributed by atoms with E-state index < -0.39 is 11.6 Å². The number of benzene rings is 2. The van der Waals surface area contributed by atoms with Crippen LogP contribution in [0.15, 0.2) is 42.5 Å². The summed E-state index contributed by atoms with van der Waals surface area (Å²) in [5.74, 6) is 0.290. The van der Waals surface area contributed by atoms with Crippen molar-refractivity contribution in [2.24, 2.45) is 0 Å². The van der Waals surface area contributed by atoms with E-state index in [1.165, 1.54) is 0 Å². The molecule has 5 heteroatoms. The van der Waals surface area contributed by atoms with Gasteiger partial charge >= 0.3 is 5.97 Å². The number of hydrogen-bond donors (Lipinski definition) is 1. The third-order valence-electron chi connectivity index (χ3n) is 4.17. The van der Waals surface area contributed by atoms with Crippen molar-refractivity contribution < 1.29 is 19.4 Å². The summed E-state index contributed by atoms with van der Waals surface area (Å²) >= 11 is 0. The Balaban J connectivity index is 1.98. The fraction of sp³-hybridized carbons (Fsp3) is 0.316. The van der Waals surface area contributed by atoms with Crippen molar-refractivity contribution in [1.82, 2.24) is 4.90 Å². The van der Waals surface area contributed by atoms with Gasteiger partial charge in [-0.15, -0.1) is 0 Å². The Morgan fingerprint density at radius 1 is 1.21 bits per heavy atom. The largest absolute Gasteiger partial charge is 0.508 e. The molecule has 3 rings (SSSR count). The first-order chi connectivity index (χ1) is 11.4. The molecule has 5 nitrogen and oxygen atoms in total. The second-order valence-corrected chi connectivity index (χ2v) is 6.30. The van der Waals surface area contributed by atoms with Crippen LogP contribution in [0.1, 0.15) is 12.5 Å². The summed E-state index contributed by atoms with van der Waals surface area (Å²) in [5.41, 5.74) is 1.15. The zero-order chi connectivity index (χ0) is 17.3. The second kappa shape index (κ2) is 6.17. The average Bonchev–Trinajstić information content (AvgIpc) is 2.55. The first kappa shape index (κ1) is 16.3. The molecule has 0 saturated heterocycles. The lowest BCUT2D eigenvalue weighted by Gasteiger charge is -2.35. The molecule has 0 aromatic heterocycles. The molecule has 0 aliphatic carbocycles. The normalized spacial score (nSPS) is 18.5. The smallest absolute Gasteiger partial charge is 0.355 e. The first-order valence-electron chi connectivity index (χ1n) is 7.85. The van der Waals surface area contributed by atoms with Gasteiger partial charge in [-0.3, -0.25) is 0 Å². The van der Waals surface area contributed by atoms with Gasteiger partial charge in [0.15, 0.2) is 0 Å². The van der Waals surface area contributed by atoms with Crippen molar-refractivity contribution in [2.45, 2.75) is 12.5 Å². The third kappa shape index (κ3) is 2.83. The summed E-state index contributed by atoms with van der Waals surface area (Å²) in [6, 6.07) is 12.4. The van der Waals surface area contributed by atoms with Gasteiger partial charge in [0.25, 0.3) is 0 Å². The fourth-order valence-corrected chi connectivity index (χ4v) is 2.84. The van der Waals surface area contributed by atoms with Gasteiger partial charge in [-0.05, 0) is 44.8 Å². The lowest BCUT2D eigenvalue weighted by atomic mass is 9.85. The minimum atomic E-state index is -1.22. The van der Waals surface area contributed by atoms with Gasteiger partial charge in [-0.2, -0.15) is 0 Å². The van der Waals surface area contributed by atoms with Crippen molar-refractivity contribution in [2.75, 3.05) is 27.2 Å². The number of aromatic hydroxyl groups is 1. The Morgan fingerprint density at radius 2 is 1.96 bits per heavy atom. The van der Waals surface area contributed by atoms with Gasteiger partial charge in [-0.1, -0.05) is 24.3 Å². The van der Waals surface area contributed by atoms with Crippen LogP contribution < -0.4 is 4.74 Å². The number of fused-ring (bicyclic) bond motifs is 3. The molecule has 1 atom stereocenters. The molecule has 0 fully saturated rings. The summed E-state index contributed by atoms with van der Waals surface area (Å²) in [7, 11) is 3.84. The van der Waals surface area contributed by atoms with Gasteiger partial charge in [-0.25, -0.2) is 4.79 Å². The van der Waals surface area contributed by atoms with E-state index >= 15 is 0 Å². The molecule has 0 saturated carbocycles. The third-order valence-corrected chi connectivity index (χ3v) is 4.17. The van der Waals surface area contributed by atoms with Gasteiger partial charge < -0.3 is 19.5 Å². The van der Waals surface area contributed by atoms with Gasteiger partial charge in [0.1, 0.15) is 18.1 Å². The summed E-state index contributed by atoms with van der Waals surface area (Å²) < 4.78 is 11.5. The van der Waals surface area contributed by atoms with Crippen LogP contribution in [0.25, 0.3) is 11.1 Å². The van der Waals surface area contributed by atoms with Crippen LogP contribution in [0, 0.1) is 0 Å². The summed E-state index contributed by atoms with van der Waals surface area (Å²) in [6.45, 7) is 2.67. The van der Waals surface area contributed by atoms with E-state index in [9.17, 15) is 9.90 Å². The Labute approximate surface area is 141 Å². The Morgan fingerprint density at radius 3 is 2.71 bits per heavy atom. The Bertz CT molecular complexity index is 772. The molecule has 2 aromatic carbocycles. The summed E-state index contributed by atoms with van der Waals surface area (Å²) in [6.07, 6.45) is 0. The molecule has 0 spiro atoms. The topological polar surface area (TPSA) is 59.0 Å². The number of carbonyl (C=O) groups excluding carboxylic acids is 1. The zero-order valence-electron chi connectivity index (χ0n) is 14.1. The highest BCUT2D eigenvalue weighted by atomic mass is 16.6. The van der Waals surface area contributed by atoms with Crippen molar-refractivity contribution >= 4 is 5.97 Å². The Hall–Kier alpha value is -2.53. The number of rotatable bonds is 4. The molecule has 1 aliphatic heterocycles. The number of carbonyl (C=O) groups is 1. The quantitative estimate of drug-likeness (QED) is 0.875. The van der Waals surface area contributed by atoms with Gasteiger partial charge in [0.2, 0.25) is 5.60 Å². The SMILES string of the molecule is CN(C)CCOC(=O)C1(C)Oc2ccc(O)cc2-c2ccccc21. The van der Waals surface area contributed by atoms with E-state index in [1.807, 2.05) is 43.3 Å². The predicted octanol–water partition coefficient (Wildman–Crippen LogP) is 2.77. The molecule has 1 N–H and O–H groups in total. The highest BCUT2D eigenvalue weighted by Crippen LogP contribution is 2.46. The van der Waals surface area contributed by atoms with Crippen molar-refractivity contribution in [3.63, 3.8) is 0 Å². The molecule has 1 heterocycles. The van der Waals surface area contributed by atoms with Crippen molar-refractivity contribution in [3.8, 4) is 22.6 Å². The molecular weight excluding hydrogens is 306 g/mol. The van der Waals surface area contributed by atoms with Crippen LogP contribution in [0.3, 0.4) is 0 Å². The minimum Gasteiger partial charge on any atom is -0.508 e. The van der Waals surface area contributed by atoms with Crippen LogP contribution in [-0.2, 0) is 15.1 Å². The monoisotopic (exact) mass is 327 g/mol. The van der Waals surface area contributed by atoms with Crippen LogP contribution in [0.2, 0.25) is 0 Å². The van der Waals surface area contributed by atoms with Crippen molar-refractivity contribution in [1.29, 1.82) is 0 Å². The molecule has 0 radical (unpaired) electrons. The fourth-order valence-electron chi connectivity index (χ4n) is 2.84. The van der Waals surface area contributed by atoms with E-state index in [0.717, 1.165) is 16.7 Å². The number of nitrogens with zero attached hydrogens (tertiary/aromatic N) is 1. The highest BCUT2D eigenvalue weighted by molar-refractivity contribution is 5.89. The number of likely N-dealkylation sites (N-methyl/N-ethyl adjacent to an activating group) is 1. The zero-order valence-corrected chi connectivity index (χ0v) is 14.1. The average molecular weight is 327 g/mol. The first-order valence-corrected chi connectivity index (χ1v) is 7.85. The molecular formula is C19H21NO4. The standard InChI is InChI=1S/C19H21NO4/c1-19(18(22)23-11-10-20(2)3)16-7-5-4-6-14(16)15-12-13(21)8-9-17(15)24-19/h4-9,12,21H,10-11H2,1-3H3. The Kier molecular flexibility index (Phi) is 4.20. The van der Waals surface area contributed by atoms with Crippen LogP contribution in [0.4, 0.5) is 0 Å². The molecule has 24 heavy (non-hydrogen) atoms. The van der Waals surface area contributed by atoms with E-state index in [4.69, 9.17) is 9.47 Å². The number of esters is 1. The number of ether oxygens (including phenoxy) is 2. The summed E-state index contributed by atoms with van der Waals surface area (Å²) in [5, 5.41) is 9.77. The van der Waals surface area contributed by atoms with E-state index in [0.29, 0.717) is 18.9 Å². The van der Waals surface area contributed by atoms with Crippen molar-refractivity contribution in [3.05, 3.63) is 48.0 Å². The minimum absolute atomic E-state index is 0.157. The van der Waals surface area contributed by atoms with Gasteiger partial charge in [0.05, 0.1) is 0 Å². The molecule has 1 unspecified atom stereocenters. The summed E-state index contributed by atoms with van der Waals surface area (Å²) in [4.78, 5) is 14.7. The lowest BCUT2D eigenvalue weighted by molar-refractivity contribution is -0.162. The van der Waals surface area contributed by atoms with Crippen LogP contribution >= 0.6 is 0 Å². The van der Waals surface area contributed by atoms with E-state index in [1.54, 1.807) is 25.1 Å². The highest BCUT2D eigenvalue weighted by Gasteiger charge is 2.44. The van der Waals surface area contributed by atoms with E-state index in [2.05, 4.69) is 0 Å². The number of phenolic OH excluding ortho intramolecular Hbond substituents is 1. The predicted molar refractivity (Wildman–Crippen MR) is 91.0 cm³/mol. The van der Waals surface area contributed by atoms with Crippen LogP contribution in [-0.4, -0.2) is 43.2 Å². The molecule has 0 amide bonds. The molecule has 126 valence electrons. The molecule has 2 aromatic rings. The maximum atomic E-state index is 12.7. The maximum Gasteiger partial charge on any atom is 0.355 e. The molecule has 1 aliphatic rings. The van der Waals surface area contributed by atoms with Gasteiger partial charge in [0, 0.05) is 17.7 Å². The lowest BCUT2D eigenvalue weighted by Crippen LogP contribution is -2.43. The van der Waals surface area contributed by atoms with E-state index in [-0.39, 0.29) is 5.75 Å².